The maximum Gasteiger partial charge on any atom is 0.312 e. The molecule has 5 nitrogen and oxygen atoms in total. The summed E-state index contributed by atoms with van der Waals surface area (Å²) in [5, 5.41) is 10.2. The van der Waals surface area contributed by atoms with Crippen LogP contribution in [0.4, 0.5) is 0 Å². The molecule has 0 aliphatic rings. The molecular formula is C25H26O5S. The molecule has 3 aromatic rings. The van der Waals surface area contributed by atoms with E-state index < -0.39 is 11.4 Å². The molecule has 0 atom stereocenters. The molecule has 1 N–H and O–H groups in total. The molecule has 0 fully saturated rings. The molecule has 0 aliphatic heterocycles. The predicted molar refractivity (Wildman–Crippen MR) is 124 cm³/mol. The van der Waals surface area contributed by atoms with Crippen LogP contribution in [0, 0.1) is 19.3 Å². The number of carbonyl (C=O) groups excluding carboxylic acids is 1. The van der Waals surface area contributed by atoms with Gasteiger partial charge >= 0.3 is 5.97 Å². The molecule has 1 aromatic heterocycles. The lowest BCUT2D eigenvalue weighted by Gasteiger charge is -2.21. The van der Waals surface area contributed by atoms with Gasteiger partial charge in [-0.15, -0.1) is 11.8 Å². The Bertz CT molecular complexity index is 1150. The Morgan fingerprint density at radius 3 is 2.45 bits per heavy atom. The monoisotopic (exact) mass is 438 g/mol. The van der Waals surface area contributed by atoms with E-state index >= 15 is 0 Å². The highest BCUT2D eigenvalue weighted by molar-refractivity contribution is 7.98. The van der Waals surface area contributed by atoms with E-state index in [1.807, 2.05) is 44.4 Å². The van der Waals surface area contributed by atoms with Crippen LogP contribution in [-0.4, -0.2) is 29.7 Å². The Labute approximate surface area is 186 Å². The van der Waals surface area contributed by atoms with Crippen LogP contribution in [0.1, 0.15) is 40.9 Å². The van der Waals surface area contributed by atoms with Crippen LogP contribution < -0.4 is 4.74 Å². The summed E-state index contributed by atoms with van der Waals surface area (Å²) in [6.45, 7) is 7.14. The summed E-state index contributed by atoms with van der Waals surface area (Å²) in [5.41, 5.74) is 2.77. The van der Waals surface area contributed by atoms with Gasteiger partial charge in [0, 0.05) is 10.3 Å². The number of rotatable bonds is 8. The van der Waals surface area contributed by atoms with Crippen LogP contribution in [-0.2, 0) is 4.79 Å². The first kappa shape index (κ1) is 22.7. The summed E-state index contributed by atoms with van der Waals surface area (Å²) in [4.78, 5) is 25.2. The molecule has 2 aromatic carbocycles. The molecule has 0 aliphatic carbocycles. The van der Waals surface area contributed by atoms with Crippen LogP contribution in [0.25, 0.3) is 17.0 Å². The van der Waals surface area contributed by atoms with Crippen molar-refractivity contribution in [2.75, 3.05) is 12.9 Å². The van der Waals surface area contributed by atoms with E-state index in [4.69, 9.17) is 9.15 Å². The van der Waals surface area contributed by atoms with Crippen molar-refractivity contribution in [2.24, 2.45) is 5.41 Å². The quantitative estimate of drug-likeness (QED) is 0.258. The third kappa shape index (κ3) is 4.85. The normalized spacial score (nSPS) is 11.9. The van der Waals surface area contributed by atoms with Gasteiger partial charge in [-0.25, -0.2) is 0 Å². The van der Waals surface area contributed by atoms with Gasteiger partial charge in [0.2, 0.25) is 0 Å². The zero-order valence-electron chi connectivity index (χ0n) is 18.3. The first-order chi connectivity index (χ1) is 14.6. The van der Waals surface area contributed by atoms with Crippen molar-refractivity contribution in [3.63, 3.8) is 0 Å². The van der Waals surface area contributed by atoms with Crippen LogP contribution >= 0.6 is 11.8 Å². The molecule has 0 saturated heterocycles. The average molecular weight is 439 g/mol. The highest BCUT2D eigenvalue weighted by Crippen LogP contribution is 2.31. The summed E-state index contributed by atoms with van der Waals surface area (Å²) in [7, 11) is 0. The number of ether oxygens (including phenoxy) is 1. The molecule has 31 heavy (non-hydrogen) atoms. The molecule has 3 rings (SSSR count). The van der Waals surface area contributed by atoms with Gasteiger partial charge < -0.3 is 14.3 Å². The molecule has 0 amide bonds. The van der Waals surface area contributed by atoms with Crippen molar-refractivity contribution in [1.29, 1.82) is 0 Å². The summed E-state index contributed by atoms with van der Waals surface area (Å²) >= 11 is 1.61. The number of hydrogen-bond acceptors (Lipinski definition) is 5. The van der Waals surface area contributed by atoms with Gasteiger partial charge in [-0.1, -0.05) is 6.08 Å². The number of ketones is 1. The van der Waals surface area contributed by atoms with Gasteiger partial charge in [0.25, 0.3) is 0 Å². The third-order valence-corrected chi connectivity index (χ3v) is 5.92. The highest BCUT2D eigenvalue weighted by Gasteiger charge is 2.28. The van der Waals surface area contributed by atoms with Gasteiger partial charge in [-0.05, 0) is 87.0 Å². The van der Waals surface area contributed by atoms with Crippen molar-refractivity contribution in [3.8, 4) is 5.75 Å². The molecule has 0 bridgehead atoms. The van der Waals surface area contributed by atoms with E-state index in [1.54, 1.807) is 50.1 Å². The average Bonchev–Trinajstić information content (AvgIpc) is 3.20. The van der Waals surface area contributed by atoms with Gasteiger partial charge in [-0.2, -0.15) is 0 Å². The van der Waals surface area contributed by atoms with E-state index in [0.717, 1.165) is 27.0 Å². The third-order valence-electron chi connectivity index (χ3n) is 5.13. The number of benzene rings is 2. The van der Waals surface area contributed by atoms with E-state index in [9.17, 15) is 14.7 Å². The van der Waals surface area contributed by atoms with Gasteiger partial charge in [0.15, 0.2) is 5.78 Å². The van der Waals surface area contributed by atoms with Gasteiger partial charge in [0.05, 0.1) is 17.2 Å². The Hall–Kier alpha value is -2.99. The number of fused-ring (bicyclic) bond motifs is 1. The van der Waals surface area contributed by atoms with E-state index in [0.29, 0.717) is 16.9 Å². The van der Waals surface area contributed by atoms with Gasteiger partial charge in [-0.3, -0.25) is 9.59 Å². The second-order valence-electron chi connectivity index (χ2n) is 8.14. The van der Waals surface area contributed by atoms with Crippen LogP contribution in [0.15, 0.2) is 52.0 Å². The van der Waals surface area contributed by atoms with Crippen LogP contribution in [0.2, 0.25) is 0 Å². The maximum absolute atomic E-state index is 12.8. The topological polar surface area (TPSA) is 76.7 Å². The number of furan rings is 1. The zero-order valence-corrected chi connectivity index (χ0v) is 19.1. The van der Waals surface area contributed by atoms with Crippen molar-refractivity contribution >= 4 is 40.6 Å². The molecule has 162 valence electrons. The first-order valence-corrected chi connectivity index (χ1v) is 11.1. The lowest BCUT2D eigenvalue weighted by molar-refractivity contribution is -0.148. The number of thioether (sulfide) groups is 1. The fourth-order valence-corrected chi connectivity index (χ4v) is 3.88. The lowest BCUT2D eigenvalue weighted by Crippen LogP contribution is -2.31. The SMILES string of the molecule is CSc1ccc(C(=O)/C=C/c2cc(C)c(OCC(C)(C)C(=O)O)c(C)c2)c2occc12. The molecule has 0 radical (unpaired) electrons. The van der Waals surface area contributed by atoms with Crippen molar-refractivity contribution in [1.82, 2.24) is 0 Å². The fourth-order valence-electron chi connectivity index (χ4n) is 3.29. The minimum atomic E-state index is -0.979. The van der Waals surface area contributed by atoms with Crippen LogP contribution in [0.3, 0.4) is 0 Å². The summed E-state index contributed by atoms with van der Waals surface area (Å²) in [5.74, 6) is -0.369. The Kier molecular flexibility index (Phi) is 6.60. The zero-order chi connectivity index (χ0) is 22.8. The summed E-state index contributed by atoms with van der Waals surface area (Å²) < 4.78 is 11.4. The van der Waals surface area contributed by atoms with Crippen LogP contribution in [0.5, 0.6) is 5.75 Å². The number of aliphatic carboxylic acids is 1. The molecular weight excluding hydrogens is 412 g/mol. The minimum absolute atomic E-state index is 0.0723. The Balaban J connectivity index is 1.81. The second-order valence-corrected chi connectivity index (χ2v) is 8.99. The van der Waals surface area contributed by atoms with Crippen molar-refractivity contribution in [2.45, 2.75) is 32.6 Å². The molecule has 6 heteroatoms. The highest BCUT2D eigenvalue weighted by atomic mass is 32.2. The van der Waals surface area contributed by atoms with E-state index in [2.05, 4.69) is 0 Å². The Morgan fingerprint density at radius 1 is 1.16 bits per heavy atom. The Morgan fingerprint density at radius 2 is 1.84 bits per heavy atom. The second kappa shape index (κ2) is 9.02. The molecule has 0 unspecified atom stereocenters. The summed E-state index contributed by atoms with van der Waals surface area (Å²) in [6, 6.07) is 9.43. The lowest BCUT2D eigenvalue weighted by atomic mass is 9.95. The smallest absolute Gasteiger partial charge is 0.312 e. The van der Waals surface area contributed by atoms with E-state index in [-0.39, 0.29) is 12.4 Å². The molecule has 0 saturated carbocycles. The van der Waals surface area contributed by atoms with Gasteiger partial charge in [0.1, 0.15) is 17.9 Å². The largest absolute Gasteiger partial charge is 0.492 e. The minimum Gasteiger partial charge on any atom is -0.492 e. The first-order valence-electron chi connectivity index (χ1n) is 9.88. The maximum atomic E-state index is 12.8. The van der Waals surface area contributed by atoms with E-state index in [1.165, 1.54) is 0 Å². The number of aryl methyl sites for hydroxylation is 2. The standard InChI is InChI=1S/C25H26O5S/c1-15-12-17(13-16(2)22(15)30-14-25(3,4)24(27)28)6-8-20(26)18-7-9-21(31-5)19-10-11-29-23(18)19/h6-13H,14H2,1-5H3,(H,27,28)/b8-6+. The van der Waals surface area contributed by atoms with Crippen molar-refractivity contribution < 1.29 is 23.8 Å². The number of carbonyl (C=O) groups is 2. The summed E-state index contributed by atoms with van der Waals surface area (Å²) in [6.07, 6.45) is 6.90. The number of allylic oxidation sites excluding steroid dienone is 1. The predicted octanol–water partition coefficient (Wildman–Crippen LogP) is 6.16. The number of hydrogen-bond donors (Lipinski definition) is 1. The molecule has 0 spiro atoms. The molecule has 1 heterocycles. The number of carboxylic acids is 1. The van der Waals surface area contributed by atoms with Crippen molar-refractivity contribution in [3.05, 3.63) is 64.9 Å². The number of carboxylic acid groups (broad SMARTS) is 1. The fraction of sp³-hybridized carbons (Fsp3) is 0.280.